The van der Waals surface area contributed by atoms with Gasteiger partial charge in [-0.3, -0.25) is 0 Å². The van der Waals surface area contributed by atoms with Gasteiger partial charge in [0, 0.05) is 10.6 Å². The van der Waals surface area contributed by atoms with Gasteiger partial charge in [0.25, 0.3) is 0 Å². The Morgan fingerprint density at radius 2 is 1.80 bits per heavy atom. The van der Waals surface area contributed by atoms with Crippen LogP contribution in [0.1, 0.15) is 11.1 Å². The van der Waals surface area contributed by atoms with Gasteiger partial charge in [-0.15, -0.1) is 0 Å². The Balaban J connectivity index is 1.63. The van der Waals surface area contributed by atoms with Crippen molar-refractivity contribution in [3.63, 3.8) is 0 Å². The molecule has 3 rings (SSSR count). The minimum atomic E-state index is -0.617. The van der Waals surface area contributed by atoms with E-state index in [4.69, 9.17) is 32.7 Å². The fourth-order valence-electron chi connectivity index (χ4n) is 2.54. The molecular weight excluding hydrogens is 428 g/mol. The molecule has 0 bridgehead atoms. The number of carbonyl (C=O) groups excluding carboxylic acids is 1. The number of ether oxygens (including phenoxy) is 2. The molecule has 0 fully saturated rings. The molecule has 0 aliphatic rings. The van der Waals surface area contributed by atoms with Crippen LogP contribution in [0.4, 0.5) is 4.39 Å². The Bertz CT molecular complexity index is 1140. The smallest absolute Gasteiger partial charge is 0.349 e. The third-order valence-corrected chi connectivity index (χ3v) is 4.48. The third-order valence-electron chi connectivity index (χ3n) is 3.95. The molecule has 4 nitrogen and oxygen atoms in total. The lowest BCUT2D eigenvalue weighted by molar-refractivity contribution is -0.136. The molecule has 3 aromatic carbocycles. The van der Waals surface area contributed by atoms with Crippen LogP contribution in [-0.4, -0.2) is 12.6 Å². The average molecular weight is 442 g/mol. The molecule has 150 valence electrons. The summed E-state index contributed by atoms with van der Waals surface area (Å²) in [7, 11) is 0. The predicted molar refractivity (Wildman–Crippen MR) is 114 cm³/mol. The van der Waals surface area contributed by atoms with E-state index in [0.717, 1.165) is 0 Å². The minimum Gasteiger partial charge on any atom is -0.480 e. The van der Waals surface area contributed by atoms with E-state index >= 15 is 0 Å². The fraction of sp³-hybridized carbons (Fsp3) is 0.0435. The molecule has 0 spiro atoms. The molecule has 0 saturated carbocycles. The number of benzene rings is 3. The van der Waals surface area contributed by atoms with Crippen molar-refractivity contribution in [2.24, 2.45) is 0 Å². The van der Waals surface area contributed by atoms with Crippen molar-refractivity contribution in [1.82, 2.24) is 0 Å². The third kappa shape index (κ3) is 5.60. The standard InChI is InChI=1S/C23H14Cl2FNO3/c24-17-7-10-22(20(25)12-17)29-14-23(28)30-18-8-5-15(6-9-18)11-16(13-27)19-3-1-2-4-21(19)26/h1-12H,14H2/b16-11-. The number of rotatable bonds is 6. The first-order valence-corrected chi connectivity index (χ1v) is 9.47. The Kier molecular flexibility index (Phi) is 7.08. The number of nitriles is 1. The Morgan fingerprint density at radius 3 is 2.47 bits per heavy atom. The quantitative estimate of drug-likeness (QED) is 0.198. The van der Waals surface area contributed by atoms with Crippen LogP contribution in [0.2, 0.25) is 10.0 Å². The average Bonchev–Trinajstić information content (AvgIpc) is 2.73. The number of halogens is 3. The summed E-state index contributed by atoms with van der Waals surface area (Å²) in [6.45, 7) is -0.338. The molecule has 0 unspecified atom stereocenters. The normalized spacial score (nSPS) is 10.9. The highest BCUT2D eigenvalue weighted by Crippen LogP contribution is 2.27. The Labute approximate surface area is 182 Å². The summed E-state index contributed by atoms with van der Waals surface area (Å²) >= 11 is 11.8. The summed E-state index contributed by atoms with van der Waals surface area (Å²) in [5, 5.41) is 10.1. The maximum Gasteiger partial charge on any atom is 0.349 e. The number of carbonyl (C=O) groups is 1. The molecule has 0 N–H and O–H groups in total. The van der Waals surface area contributed by atoms with Crippen LogP contribution in [-0.2, 0) is 4.79 Å². The maximum atomic E-state index is 13.9. The van der Waals surface area contributed by atoms with Crippen LogP contribution in [0.25, 0.3) is 11.6 Å². The zero-order valence-electron chi connectivity index (χ0n) is 15.4. The van der Waals surface area contributed by atoms with Gasteiger partial charge in [0.15, 0.2) is 6.61 Å². The molecule has 0 aliphatic heterocycles. The monoisotopic (exact) mass is 441 g/mol. The summed E-state index contributed by atoms with van der Waals surface area (Å²) < 4.78 is 24.4. The number of hydrogen-bond donors (Lipinski definition) is 0. The van der Waals surface area contributed by atoms with Crippen LogP contribution in [0, 0.1) is 17.1 Å². The second-order valence-electron chi connectivity index (χ2n) is 6.06. The summed E-state index contributed by atoms with van der Waals surface area (Å²) in [6, 6.07) is 19.1. The lowest BCUT2D eigenvalue weighted by Crippen LogP contribution is -2.17. The second-order valence-corrected chi connectivity index (χ2v) is 6.90. The number of allylic oxidation sites excluding steroid dienone is 1. The van der Waals surface area contributed by atoms with Gasteiger partial charge >= 0.3 is 5.97 Å². The highest BCUT2D eigenvalue weighted by molar-refractivity contribution is 6.35. The highest BCUT2D eigenvalue weighted by Gasteiger charge is 2.10. The van der Waals surface area contributed by atoms with Gasteiger partial charge in [-0.25, -0.2) is 9.18 Å². The highest BCUT2D eigenvalue weighted by atomic mass is 35.5. The Hall–Kier alpha value is -3.33. The van der Waals surface area contributed by atoms with Crippen LogP contribution in [0.15, 0.2) is 66.7 Å². The fourth-order valence-corrected chi connectivity index (χ4v) is 3.00. The van der Waals surface area contributed by atoms with E-state index in [9.17, 15) is 14.4 Å². The van der Waals surface area contributed by atoms with Crippen LogP contribution < -0.4 is 9.47 Å². The summed E-state index contributed by atoms with van der Waals surface area (Å²) in [5.41, 5.74) is 1.05. The number of hydrogen-bond acceptors (Lipinski definition) is 4. The van der Waals surface area contributed by atoms with Crippen molar-refractivity contribution >= 4 is 40.8 Å². The van der Waals surface area contributed by atoms with Gasteiger partial charge in [-0.05, 0) is 48.0 Å². The van der Waals surface area contributed by atoms with E-state index in [-0.39, 0.29) is 22.8 Å². The van der Waals surface area contributed by atoms with E-state index in [1.165, 1.54) is 18.2 Å². The zero-order chi connectivity index (χ0) is 21.5. The van der Waals surface area contributed by atoms with Crippen molar-refractivity contribution in [3.05, 3.63) is 93.7 Å². The van der Waals surface area contributed by atoms with E-state index < -0.39 is 11.8 Å². The summed E-state index contributed by atoms with van der Waals surface area (Å²) in [6.07, 6.45) is 1.55. The van der Waals surface area contributed by atoms with Crippen LogP contribution in [0.3, 0.4) is 0 Å². The van der Waals surface area contributed by atoms with Crippen molar-refractivity contribution < 1.29 is 18.7 Å². The number of esters is 1. The van der Waals surface area contributed by atoms with Crippen molar-refractivity contribution in [2.75, 3.05) is 6.61 Å². The second kappa shape index (κ2) is 9.93. The van der Waals surface area contributed by atoms with E-state index in [2.05, 4.69) is 0 Å². The molecule has 0 amide bonds. The molecule has 0 heterocycles. The summed E-state index contributed by atoms with van der Waals surface area (Å²) in [5.74, 6) is -0.479. The predicted octanol–water partition coefficient (Wildman–Crippen LogP) is 6.18. The van der Waals surface area contributed by atoms with Gasteiger partial charge in [-0.1, -0.05) is 53.5 Å². The number of nitrogens with zero attached hydrogens (tertiary/aromatic N) is 1. The van der Waals surface area contributed by atoms with E-state index in [0.29, 0.717) is 22.1 Å². The van der Waals surface area contributed by atoms with Crippen molar-refractivity contribution in [3.8, 4) is 17.6 Å². The molecule has 0 atom stereocenters. The van der Waals surface area contributed by atoms with E-state index in [1.54, 1.807) is 54.6 Å². The SMILES string of the molecule is N#C/C(=C/c1ccc(OC(=O)COc2ccc(Cl)cc2Cl)cc1)c1ccccc1F. The summed E-state index contributed by atoms with van der Waals surface area (Å²) in [4.78, 5) is 12.0. The van der Waals surface area contributed by atoms with Crippen LogP contribution >= 0.6 is 23.2 Å². The van der Waals surface area contributed by atoms with Crippen molar-refractivity contribution in [2.45, 2.75) is 0 Å². The van der Waals surface area contributed by atoms with Gasteiger partial charge in [0.05, 0.1) is 16.7 Å². The molecular formula is C23H14Cl2FNO3. The first-order valence-electron chi connectivity index (χ1n) is 8.71. The minimum absolute atomic E-state index is 0.186. The van der Waals surface area contributed by atoms with Gasteiger partial charge in [0.2, 0.25) is 0 Å². The molecule has 3 aromatic rings. The van der Waals surface area contributed by atoms with Gasteiger partial charge in [-0.2, -0.15) is 5.26 Å². The molecule has 30 heavy (non-hydrogen) atoms. The largest absolute Gasteiger partial charge is 0.480 e. The zero-order valence-corrected chi connectivity index (χ0v) is 17.0. The first kappa shape index (κ1) is 21.4. The topological polar surface area (TPSA) is 59.3 Å². The maximum absolute atomic E-state index is 13.9. The van der Waals surface area contributed by atoms with Crippen molar-refractivity contribution in [1.29, 1.82) is 5.26 Å². The Morgan fingerprint density at radius 1 is 1.07 bits per heavy atom. The van der Waals surface area contributed by atoms with Gasteiger partial charge < -0.3 is 9.47 Å². The van der Waals surface area contributed by atoms with Gasteiger partial charge in [0.1, 0.15) is 17.3 Å². The molecule has 0 aliphatic carbocycles. The van der Waals surface area contributed by atoms with Crippen LogP contribution in [0.5, 0.6) is 11.5 Å². The molecule has 7 heteroatoms. The lowest BCUT2D eigenvalue weighted by atomic mass is 10.0. The van der Waals surface area contributed by atoms with E-state index in [1.807, 2.05) is 6.07 Å². The molecule has 0 saturated heterocycles. The molecule has 0 aromatic heterocycles. The molecule has 0 radical (unpaired) electrons. The lowest BCUT2D eigenvalue weighted by Gasteiger charge is -2.08. The first-order chi connectivity index (χ1) is 14.5.